The third kappa shape index (κ3) is 4.76. The van der Waals surface area contributed by atoms with Crippen molar-refractivity contribution in [3.05, 3.63) is 106 Å². The molecule has 10 heteroatoms. The Morgan fingerprint density at radius 2 is 1.50 bits per heavy atom. The van der Waals surface area contributed by atoms with Crippen molar-refractivity contribution in [1.82, 2.24) is 0 Å². The van der Waals surface area contributed by atoms with E-state index in [1.807, 2.05) is 42.5 Å². The molecule has 1 aliphatic rings. The summed E-state index contributed by atoms with van der Waals surface area (Å²) in [5.41, 5.74) is -0.100. The Bertz CT molecular complexity index is 1680. The monoisotopic (exact) mass is 552 g/mol. The third-order valence-electron chi connectivity index (χ3n) is 6.30. The minimum Gasteiger partial charge on any atom is -0.490 e. The smallest absolute Gasteiger partial charge is 0.280 e. The van der Waals surface area contributed by atoms with Crippen molar-refractivity contribution in [1.29, 1.82) is 0 Å². The number of halogens is 5. The van der Waals surface area contributed by atoms with Gasteiger partial charge in [-0.3, -0.25) is 4.79 Å². The molecule has 0 spiro atoms. The van der Waals surface area contributed by atoms with Gasteiger partial charge in [0, 0.05) is 0 Å². The zero-order chi connectivity index (χ0) is 28.6. The maximum Gasteiger partial charge on any atom is 0.280 e. The molecule has 0 saturated heterocycles. The molecule has 1 heterocycles. The molecule has 204 valence electrons. The summed E-state index contributed by atoms with van der Waals surface area (Å²) in [5, 5.41) is 6.06. The fraction of sp³-hybridized carbons (Fsp3) is 0.133. The van der Waals surface area contributed by atoms with Crippen LogP contribution in [0.5, 0.6) is 11.5 Å². The van der Waals surface area contributed by atoms with Crippen LogP contribution in [-0.4, -0.2) is 18.2 Å². The zero-order valence-electron chi connectivity index (χ0n) is 21.3. The van der Waals surface area contributed by atoms with Gasteiger partial charge in [-0.05, 0) is 54.0 Å². The van der Waals surface area contributed by atoms with Crippen LogP contribution in [-0.2, 0) is 11.4 Å². The summed E-state index contributed by atoms with van der Waals surface area (Å²) in [6, 6.07) is 18.7. The number of anilines is 1. The van der Waals surface area contributed by atoms with E-state index in [0.717, 1.165) is 16.3 Å². The van der Waals surface area contributed by atoms with Crippen LogP contribution in [0.3, 0.4) is 0 Å². The molecule has 0 bridgehead atoms. The molecule has 1 amide bonds. The number of rotatable bonds is 7. The van der Waals surface area contributed by atoms with Crippen molar-refractivity contribution in [3.8, 4) is 11.5 Å². The Hall–Kier alpha value is -4.73. The minimum atomic E-state index is -2.33. The molecule has 4 aromatic rings. The molecule has 0 aromatic heterocycles. The summed E-state index contributed by atoms with van der Waals surface area (Å²) in [4.78, 5) is 13.0. The SMILES string of the molecule is CCOc1cc(/C=C2/C(=O)N(c3c(F)c(F)c(F)c(F)c3F)N=C2C)ccc1OCc1cccc2ccccc12. The Morgan fingerprint density at radius 3 is 2.23 bits per heavy atom. The molecule has 0 atom stereocenters. The highest BCUT2D eigenvalue weighted by atomic mass is 19.2. The number of carbonyl (C=O) groups excluding carboxylic acids is 1. The van der Waals surface area contributed by atoms with Gasteiger partial charge < -0.3 is 9.47 Å². The molecule has 0 saturated carbocycles. The first-order chi connectivity index (χ1) is 19.2. The van der Waals surface area contributed by atoms with E-state index in [4.69, 9.17) is 9.47 Å². The van der Waals surface area contributed by atoms with Crippen LogP contribution >= 0.6 is 0 Å². The fourth-order valence-electron chi connectivity index (χ4n) is 4.36. The molecule has 1 aliphatic heterocycles. The summed E-state index contributed by atoms with van der Waals surface area (Å²) in [7, 11) is 0. The number of ether oxygens (including phenoxy) is 2. The van der Waals surface area contributed by atoms with Crippen molar-refractivity contribution >= 4 is 34.2 Å². The largest absolute Gasteiger partial charge is 0.490 e. The molecular weight excluding hydrogens is 531 g/mol. The summed E-state index contributed by atoms with van der Waals surface area (Å²) < 4.78 is 81.4. The number of amides is 1. The lowest BCUT2D eigenvalue weighted by atomic mass is 10.1. The molecule has 5 nitrogen and oxygen atoms in total. The van der Waals surface area contributed by atoms with Crippen LogP contribution in [0.1, 0.15) is 25.0 Å². The van der Waals surface area contributed by atoms with Gasteiger partial charge in [-0.15, -0.1) is 0 Å². The highest BCUT2D eigenvalue weighted by Gasteiger charge is 2.37. The Morgan fingerprint density at radius 1 is 0.825 bits per heavy atom. The molecule has 5 rings (SSSR count). The van der Waals surface area contributed by atoms with Crippen molar-refractivity contribution in [2.75, 3.05) is 11.6 Å². The van der Waals surface area contributed by atoms with Crippen molar-refractivity contribution < 1.29 is 36.2 Å². The molecule has 4 aromatic carbocycles. The van der Waals surface area contributed by atoms with Gasteiger partial charge in [-0.25, -0.2) is 22.0 Å². The van der Waals surface area contributed by atoms with Crippen LogP contribution in [0.25, 0.3) is 16.8 Å². The second-order valence-corrected chi connectivity index (χ2v) is 8.85. The predicted octanol–water partition coefficient (Wildman–Crippen LogP) is 7.32. The first-order valence-corrected chi connectivity index (χ1v) is 12.2. The lowest BCUT2D eigenvalue weighted by Gasteiger charge is -2.15. The predicted molar refractivity (Wildman–Crippen MR) is 141 cm³/mol. The normalized spacial score (nSPS) is 14.3. The lowest BCUT2D eigenvalue weighted by Crippen LogP contribution is -2.25. The summed E-state index contributed by atoms with van der Waals surface area (Å²) in [6.07, 6.45) is 1.38. The zero-order valence-corrected chi connectivity index (χ0v) is 21.3. The third-order valence-corrected chi connectivity index (χ3v) is 6.30. The quantitative estimate of drug-likeness (QED) is 0.105. The van der Waals surface area contributed by atoms with E-state index in [2.05, 4.69) is 5.10 Å². The number of fused-ring (bicyclic) bond motifs is 1. The highest BCUT2D eigenvalue weighted by molar-refractivity contribution is 6.32. The molecule has 0 aliphatic carbocycles. The lowest BCUT2D eigenvalue weighted by molar-refractivity contribution is -0.114. The first-order valence-electron chi connectivity index (χ1n) is 12.2. The first kappa shape index (κ1) is 26.9. The molecule has 40 heavy (non-hydrogen) atoms. The molecule has 0 N–H and O–H groups in total. The average Bonchev–Trinajstić information content (AvgIpc) is 3.23. The minimum absolute atomic E-state index is 0.0168. The molecule has 0 radical (unpaired) electrons. The van der Waals surface area contributed by atoms with Crippen molar-refractivity contribution in [2.45, 2.75) is 20.5 Å². The van der Waals surface area contributed by atoms with Gasteiger partial charge >= 0.3 is 0 Å². The van der Waals surface area contributed by atoms with E-state index in [1.165, 1.54) is 13.0 Å². The van der Waals surface area contributed by atoms with Gasteiger partial charge in [0.25, 0.3) is 5.91 Å². The Labute approximate surface area is 225 Å². The van der Waals surface area contributed by atoms with Crippen LogP contribution in [0.15, 0.2) is 71.3 Å². The Kier molecular flexibility index (Phi) is 7.25. The topological polar surface area (TPSA) is 51.1 Å². The number of hydrogen-bond donors (Lipinski definition) is 0. The maximum atomic E-state index is 14.3. The standard InChI is InChI=1S/C30H21F5N2O3/c1-3-39-23-14-17(11-12-22(23)40-15-19-9-6-8-18-7-4-5-10-20(18)19)13-21-16(2)36-37(30(21)38)29-27(34)25(32)24(31)26(33)28(29)35/h4-14H,3,15H2,1-2H3/b21-13+. The average molecular weight is 552 g/mol. The van der Waals surface area contributed by atoms with E-state index < -0.39 is 40.7 Å². The second kappa shape index (κ2) is 10.8. The van der Waals surface area contributed by atoms with Crippen LogP contribution in [0, 0.1) is 29.1 Å². The van der Waals surface area contributed by atoms with Gasteiger partial charge in [0.2, 0.25) is 5.82 Å². The molecule has 0 unspecified atom stereocenters. The van der Waals surface area contributed by atoms with Gasteiger partial charge in [0.05, 0.1) is 17.9 Å². The van der Waals surface area contributed by atoms with E-state index in [0.29, 0.717) is 23.7 Å². The second-order valence-electron chi connectivity index (χ2n) is 8.85. The number of hydrazone groups is 1. The number of nitrogens with zero attached hydrogens (tertiary/aromatic N) is 2. The highest BCUT2D eigenvalue weighted by Crippen LogP contribution is 2.35. The maximum absolute atomic E-state index is 14.3. The number of carbonyl (C=O) groups is 1. The number of hydrogen-bond acceptors (Lipinski definition) is 4. The molecular formula is C30H21F5N2O3. The van der Waals surface area contributed by atoms with Crippen LogP contribution < -0.4 is 14.5 Å². The molecule has 0 fully saturated rings. The summed E-state index contributed by atoms with van der Waals surface area (Å²) in [5.74, 6) is -11.2. The van der Waals surface area contributed by atoms with Gasteiger partial charge in [-0.1, -0.05) is 48.5 Å². The Balaban J connectivity index is 1.43. The van der Waals surface area contributed by atoms with E-state index in [-0.39, 0.29) is 22.9 Å². The number of benzene rings is 4. The van der Waals surface area contributed by atoms with Crippen molar-refractivity contribution in [2.24, 2.45) is 5.10 Å². The van der Waals surface area contributed by atoms with E-state index in [9.17, 15) is 26.7 Å². The van der Waals surface area contributed by atoms with Gasteiger partial charge in [-0.2, -0.15) is 10.1 Å². The summed E-state index contributed by atoms with van der Waals surface area (Å²) in [6.45, 7) is 3.75. The van der Waals surface area contributed by atoms with E-state index >= 15 is 0 Å². The van der Waals surface area contributed by atoms with Crippen molar-refractivity contribution in [3.63, 3.8) is 0 Å². The van der Waals surface area contributed by atoms with Gasteiger partial charge in [0.15, 0.2) is 34.8 Å². The summed E-state index contributed by atoms with van der Waals surface area (Å²) >= 11 is 0. The van der Waals surface area contributed by atoms with Gasteiger partial charge in [0.1, 0.15) is 12.3 Å². The fourth-order valence-corrected chi connectivity index (χ4v) is 4.36. The van der Waals surface area contributed by atoms with E-state index in [1.54, 1.807) is 25.1 Å². The van der Waals surface area contributed by atoms with Crippen LogP contribution in [0.4, 0.5) is 27.6 Å². The van der Waals surface area contributed by atoms with Crippen LogP contribution in [0.2, 0.25) is 0 Å².